The fourth-order valence-corrected chi connectivity index (χ4v) is 5.18. The Balaban J connectivity index is 1.99. The van der Waals surface area contributed by atoms with E-state index >= 15 is 0 Å². The highest BCUT2D eigenvalue weighted by Crippen LogP contribution is 2.42. The SMILES string of the molecule is CCCc1ccc2c(c1)sc1ccc3c(c4ccccc4n3C)c12. The zero-order valence-electron chi connectivity index (χ0n) is 14.0. The Hall–Kier alpha value is -2.32. The summed E-state index contributed by atoms with van der Waals surface area (Å²) in [6.07, 6.45) is 2.36. The van der Waals surface area contributed by atoms with Gasteiger partial charge in [0.15, 0.2) is 0 Å². The summed E-state index contributed by atoms with van der Waals surface area (Å²) in [5.74, 6) is 0. The molecule has 0 aliphatic heterocycles. The molecule has 1 nitrogen and oxygen atoms in total. The van der Waals surface area contributed by atoms with Crippen molar-refractivity contribution in [1.29, 1.82) is 0 Å². The highest BCUT2D eigenvalue weighted by molar-refractivity contribution is 7.26. The number of aryl methyl sites for hydroxylation is 2. The van der Waals surface area contributed by atoms with Gasteiger partial charge in [0.05, 0.1) is 0 Å². The minimum Gasteiger partial charge on any atom is -0.344 e. The van der Waals surface area contributed by atoms with Crippen molar-refractivity contribution < 1.29 is 0 Å². The van der Waals surface area contributed by atoms with Crippen molar-refractivity contribution >= 4 is 53.3 Å². The number of thiophene rings is 1. The average Bonchev–Trinajstić information content (AvgIpc) is 3.11. The van der Waals surface area contributed by atoms with Crippen LogP contribution >= 0.6 is 11.3 Å². The zero-order chi connectivity index (χ0) is 16.3. The molecule has 118 valence electrons. The van der Waals surface area contributed by atoms with Crippen LogP contribution in [0.1, 0.15) is 18.9 Å². The molecule has 0 bridgehead atoms. The third-order valence-electron chi connectivity index (χ3n) is 5.12. The van der Waals surface area contributed by atoms with Crippen molar-refractivity contribution in [2.75, 3.05) is 0 Å². The first-order valence-corrected chi connectivity index (χ1v) is 9.41. The first-order valence-electron chi connectivity index (χ1n) is 8.59. The van der Waals surface area contributed by atoms with Crippen LogP contribution in [0.2, 0.25) is 0 Å². The molecule has 0 atom stereocenters. The van der Waals surface area contributed by atoms with Crippen LogP contribution in [0, 0.1) is 0 Å². The molecule has 0 radical (unpaired) electrons. The summed E-state index contributed by atoms with van der Waals surface area (Å²) in [7, 11) is 2.17. The number of hydrogen-bond acceptors (Lipinski definition) is 1. The molecule has 0 saturated heterocycles. The van der Waals surface area contributed by atoms with Crippen LogP contribution < -0.4 is 0 Å². The first kappa shape index (κ1) is 14.1. The van der Waals surface area contributed by atoms with Crippen molar-refractivity contribution in [2.45, 2.75) is 19.8 Å². The van der Waals surface area contributed by atoms with Crippen molar-refractivity contribution in [3.05, 3.63) is 60.2 Å². The van der Waals surface area contributed by atoms with Crippen molar-refractivity contribution in [2.24, 2.45) is 7.05 Å². The van der Waals surface area contributed by atoms with Crippen molar-refractivity contribution in [1.82, 2.24) is 4.57 Å². The highest BCUT2D eigenvalue weighted by Gasteiger charge is 2.15. The Bertz CT molecular complexity index is 1220. The van der Waals surface area contributed by atoms with E-state index in [1.165, 1.54) is 54.0 Å². The number of aromatic nitrogens is 1. The fraction of sp³-hybridized carbons (Fsp3) is 0.182. The summed E-state index contributed by atoms with van der Waals surface area (Å²) in [6.45, 7) is 2.24. The van der Waals surface area contributed by atoms with E-state index in [-0.39, 0.29) is 0 Å². The maximum atomic E-state index is 2.39. The van der Waals surface area contributed by atoms with Gasteiger partial charge in [-0.3, -0.25) is 0 Å². The number of hydrogen-bond donors (Lipinski definition) is 0. The normalized spacial score (nSPS) is 12.1. The molecule has 0 unspecified atom stereocenters. The predicted molar refractivity (Wildman–Crippen MR) is 107 cm³/mol. The van der Waals surface area contributed by atoms with Gasteiger partial charge in [0, 0.05) is 49.0 Å². The molecule has 0 fully saturated rings. The van der Waals surface area contributed by atoms with E-state index < -0.39 is 0 Å². The average molecular weight is 329 g/mol. The Kier molecular flexibility index (Phi) is 2.98. The Morgan fingerprint density at radius 1 is 0.833 bits per heavy atom. The van der Waals surface area contributed by atoms with E-state index in [4.69, 9.17) is 0 Å². The first-order chi connectivity index (χ1) is 11.8. The van der Waals surface area contributed by atoms with Crippen LogP contribution in [0.3, 0.4) is 0 Å². The summed E-state index contributed by atoms with van der Waals surface area (Å²) in [6, 6.07) is 20.3. The van der Waals surface area contributed by atoms with Crippen LogP contribution in [-0.2, 0) is 13.5 Å². The number of nitrogens with zero attached hydrogens (tertiary/aromatic N) is 1. The minimum absolute atomic E-state index is 1.16. The highest BCUT2D eigenvalue weighted by atomic mass is 32.1. The molecule has 2 heterocycles. The van der Waals surface area contributed by atoms with Gasteiger partial charge in [-0.2, -0.15) is 0 Å². The van der Waals surface area contributed by atoms with Gasteiger partial charge < -0.3 is 4.57 Å². The standard InChI is InChI=1S/C22H19NS/c1-3-6-14-9-10-16-20(13-14)24-19-12-11-18-21(22(16)19)15-7-4-5-8-17(15)23(18)2/h4-5,7-13H,3,6H2,1-2H3. The van der Waals surface area contributed by atoms with Crippen LogP contribution in [-0.4, -0.2) is 4.57 Å². The zero-order valence-corrected chi connectivity index (χ0v) is 14.8. The van der Waals surface area contributed by atoms with Crippen LogP contribution in [0.25, 0.3) is 42.0 Å². The van der Waals surface area contributed by atoms with Crippen LogP contribution in [0.4, 0.5) is 0 Å². The molecule has 24 heavy (non-hydrogen) atoms. The van der Waals surface area contributed by atoms with Gasteiger partial charge in [0.2, 0.25) is 0 Å². The number of benzene rings is 3. The van der Waals surface area contributed by atoms with E-state index in [0.29, 0.717) is 0 Å². The topological polar surface area (TPSA) is 4.93 Å². The van der Waals surface area contributed by atoms with Crippen molar-refractivity contribution in [3.63, 3.8) is 0 Å². The molecule has 2 heteroatoms. The van der Waals surface area contributed by atoms with E-state index in [1.807, 2.05) is 11.3 Å². The van der Waals surface area contributed by atoms with Crippen molar-refractivity contribution in [3.8, 4) is 0 Å². The van der Waals surface area contributed by atoms with E-state index in [2.05, 4.69) is 73.1 Å². The Morgan fingerprint density at radius 3 is 2.58 bits per heavy atom. The lowest BCUT2D eigenvalue weighted by Crippen LogP contribution is -1.85. The molecule has 3 aromatic carbocycles. The molecule has 0 saturated carbocycles. The lowest BCUT2D eigenvalue weighted by atomic mass is 10.0. The largest absolute Gasteiger partial charge is 0.344 e. The molecule has 0 amide bonds. The predicted octanol–water partition coefficient (Wildman–Crippen LogP) is 6.65. The molecule has 2 aromatic heterocycles. The lowest BCUT2D eigenvalue weighted by Gasteiger charge is -2.00. The fourth-order valence-electron chi connectivity index (χ4n) is 4.00. The van der Waals surface area contributed by atoms with Gasteiger partial charge >= 0.3 is 0 Å². The van der Waals surface area contributed by atoms with Gasteiger partial charge in [-0.25, -0.2) is 0 Å². The maximum Gasteiger partial charge on any atom is 0.0496 e. The van der Waals surface area contributed by atoms with Crippen LogP contribution in [0.5, 0.6) is 0 Å². The smallest absolute Gasteiger partial charge is 0.0496 e. The summed E-state index contributed by atoms with van der Waals surface area (Å²) >= 11 is 1.93. The minimum atomic E-state index is 1.16. The monoisotopic (exact) mass is 329 g/mol. The van der Waals surface area contributed by atoms with Gasteiger partial charge in [0.25, 0.3) is 0 Å². The second-order valence-electron chi connectivity index (χ2n) is 6.59. The molecule has 0 spiro atoms. The molecule has 5 rings (SSSR count). The van der Waals surface area contributed by atoms with E-state index in [9.17, 15) is 0 Å². The molecule has 0 aliphatic rings. The summed E-state index contributed by atoms with van der Waals surface area (Å²) in [5.41, 5.74) is 4.08. The molecular formula is C22H19NS. The van der Waals surface area contributed by atoms with Gasteiger partial charge in [-0.05, 0) is 36.2 Å². The molecule has 0 N–H and O–H groups in total. The third kappa shape index (κ3) is 1.81. The second-order valence-corrected chi connectivity index (χ2v) is 7.68. The summed E-state index contributed by atoms with van der Waals surface area (Å²) in [5, 5.41) is 5.59. The summed E-state index contributed by atoms with van der Waals surface area (Å²) in [4.78, 5) is 0. The number of fused-ring (bicyclic) bond motifs is 7. The van der Waals surface area contributed by atoms with E-state index in [1.54, 1.807) is 0 Å². The van der Waals surface area contributed by atoms with E-state index in [0.717, 1.165) is 6.42 Å². The van der Waals surface area contributed by atoms with Gasteiger partial charge in [0.1, 0.15) is 0 Å². The Labute approximate surface area is 145 Å². The lowest BCUT2D eigenvalue weighted by molar-refractivity contribution is 0.924. The Morgan fingerprint density at radius 2 is 1.71 bits per heavy atom. The van der Waals surface area contributed by atoms with Crippen LogP contribution in [0.15, 0.2) is 54.6 Å². The number of para-hydroxylation sites is 1. The quantitative estimate of drug-likeness (QED) is 0.341. The molecule has 5 aromatic rings. The third-order valence-corrected chi connectivity index (χ3v) is 6.23. The molecule has 0 aliphatic carbocycles. The number of rotatable bonds is 2. The second kappa shape index (κ2) is 5.09. The van der Waals surface area contributed by atoms with Gasteiger partial charge in [-0.15, -0.1) is 11.3 Å². The summed E-state index contributed by atoms with van der Waals surface area (Å²) < 4.78 is 5.12. The maximum absolute atomic E-state index is 2.39. The molecular weight excluding hydrogens is 310 g/mol. The van der Waals surface area contributed by atoms with Gasteiger partial charge in [-0.1, -0.05) is 43.7 Å².